The van der Waals surface area contributed by atoms with E-state index < -0.39 is 31.5 Å². The van der Waals surface area contributed by atoms with Crippen molar-refractivity contribution in [1.82, 2.24) is 9.47 Å². The molecule has 3 aromatic rings. The van der Waals surface area contributed by atoms with E-state index in [0.29, 0.717) is 36.3 Å². The summed E-state index contributed by atoms with van der Waals surface area (Å²) in [7, 11) is -0.335. The van der Waals surface area contributed by atoms with Crippen molar-refractivity contribution in [1.29, 1.82) is 0 Å². The van der Waals surface area contributed by atoms with Crippen molar-refractivity contribution in [2.45, 2.75) is 69.5 Å². The molecular weight excluding hydrogens is 659 g/mol. The van der Waals surface area contributed by atoms with Gasteiger partial charge in [-0.15, -0.1) is 0 Å². The van der Waals surface area contributed by atoms with Gasteiger partial charge in [0.25, 0.3) is 11.5 Å². The number of anilines is 1. The van der Waals surface area contributed by atoms with Crippen LogP contribution in [0.2, 0.25) is 18.6 Å². The van der Waals surface area contributed by atoms with Crippen molar-refractivity contribution in [3.8, 4) is 11.4 Å². The third-order valence-electron chi connectivity index (χ3n) is 9.93. The maximum absolute atomic E-state index is 14.8. The fourth-order valence-electron chi connectivity index (χ4n) is 7.63. The molecule has 4 atom stereocenters. The number of nitrogens with zero attached hydrogens (tertiary/aromatic N) is 3. The molecule has 2 aliphatic rings. The zero-order valence-corrected chi connectivity index (χ0v) is 30.3. The topological polar surface area (TPSA) is 148 Å². The molecule has 0 unspecified atom stereocenters. The minimum absolute atomic E-state index is 0.0998. The second-order valence-electron chi connectivity index (χ2n) is 13.5. The molecule has 2 aliphatic heterocycles. The highest BCUT2D eigenvalue weighted by atomic mass is 28.4. The second-order valence-corrected chi connectivity index (χ2v) is 17.5. The number of pyridine rings is 1. The molecule has 0 saturated carbocycles. The number of unbranched alkanes of at least 4 members (excludes halogenated alkanes) is 1. The normalized spacial score (nSPS) is 21.4. The molecular formula is C37H47N3O9Si. The van der Waals surface area contributed by atoms with Gasteiger partial charge in [-0.1, -0.05) is 37.3 Å². The summed E-state index contributed by atoms with van der Waals surface area (Å²) in [6.45, 7) is 5.96. The highest BCUT2D eigenvalue weighted by Crippen LogP contribution is 2.60. The van der Waals surface area contributed by atoms with Gasteiger partial charge in [-0.2, -0.15) is 0 Å². The first kappa shape index (κ1) is 37.0. The Labute approximate surface area is 293 Å². The average molecular weight is 706 g/mol. The molecule has 0 radical (unpaired) electrons. The van der Waals surface area contributed by atoms with Crippen LogP contribution >= 0.6 is 0 Å². The first-order chi connectivity index (χ1) is 23.9. The largest absolute Gasteiger partial charge is 0.491 e. The van der Waals surface area contributed by atoms with Gasteiger partial charge in [0.15, 0.2) is 19.7 Å². The molecule has 1 fully saturated rings. The summed E-state index contributed by atoms with van der Waals surface area (Å²) >= 11 is 0. The van der Waals surface area contributed by atoms with Gasteiger partial charge >= 0.3 is 5.97 Å². The minimum atomic E-state index is -3.10. The second kappa shape index (κ2) is 15.3. The summed E-state index contributed by atoms with van der Waals surface area (Å²) in [6, 6.07) is 18.1. The van der Waals surface area contributed by atoms with Crippen LogP contribution in [0.25, 0.3) is 5.69 Å². The number of methoxy groups -OCH3 is 2. The molecule has 268 valence electrons. The number of rotatable bonds is 14. The molecule has 50 heavy (non-hydrogen) atoms. The van der Waals surface area contributed by atoms with Crippen molar-refractivity contribution in [2.75, 3.05) is 38.8 Å². The SMILES string of the molecule is COC(=O)CCCCN1C(=O)[C@@]2(O[C@@H](CC(=O)N(CCO)Cc3ccccc3)[C@H]([Si](C)(C)O)[C@H]2C)c2cc(-n3cccc(OC)c3=O)ccc21. The van der Waals surface area contributed by atoms with E-state index in [4.69, 9.17) is 14.2 Å². The molecule has 1 spiro atoms. The maximum Gasteiger partial charge on any atom is 0.305 e. The van der Waals surface area contributed by atoms with E-state index in [-0.39, 0.29) is 61.6 Å². The lowest BCUT2D eigenvalue weighted by Gasteiger charge is -2.32. The number of benzene rings is 2. The first-order valence-electron chi connectivity index (χ1n) is 17.0. The molecule has 13 heteroatoms. The third kappa shape index (κ3) is 7.13. The number of ether oxygens (including phenoxy) is 3. The van der Waals surface area contributed by atoms with Gasteiger partial charge in [0.1, 0.15) is 0 Å². The molecule has 1 saturated heterocycles. The first-order valence-corrected chi connectivity index (χ1v) is 20.0. The number of hydrogen-bond donors (Lipinski definition) is 2. The van der Waals surface area contributed by atoms with E-state index in [1.54, 1.807) is 59.4 Å². The number of aliphatic hydroxyl groups is 1. The molecule has 3 heterocycles. The lowest BCUT2D eigenvalue weighted by atomic mass is 9.82. The highest BCUT2D eigenvalue weighted by Gasteiger charge is 2.66. The lowest BCUT2D eigenvalue weighted by Crippen LogP contribution is -2.46. The lowest BCUT2D eigenvalue weighted by molar-refractivity contribution is -0.150. The zero-order valence-electron chi connectivity index (χ0n) is 29.3. The average Bonchev–Trinajstić information content (AvgIpc) is 3.52. The van der Waals surface area contributed by atoms with Crippen LogP contribution in [0.4, 0.5) is 5.69 Å². The summed E-state index contributed by atoms with van der Waals surface area (Å²) < 4.78 is 18.4. The standard InChI is InChI=1S/C37H47N3O9Si/c1-25-34(50(4,5)46)31(23-32(42)38(20-21-41)24-26-12-7-6-8-13-26)49-37(25)28-22-27(39-19-11-14-30(47-2)35(39)44)16-17-29(28)40(36(37)45)18-10-9-15-33(43)48-3/h6-8,11-14,16-17,19,22,25,31,34,41,46H,9-10,15,18,20-21,23-24H2,1-5H3/t25-,31+,34-,37+/m1/s1. The molecule has 0 bridgehead atoms. The molecule has 2 amide bonds. The monoisotopic (exact) mass is 705 g/mol. The minimum Gasteiger partial charge on any atom is -0.491 e. The van der Waals surface area contributed by atoms with Crippen LogP contribution in [0.3, 0.4) is 0 Å². The third-order valence-corrected chi connectivity index (χ3v) is 12.4. The predicted octanol–water partition coefficient (Wildman–Crippen LogP) is 3.75. The number of aliphatic hydroxyl groups excluding tert-OH is 1. The summed E-state index contributed by atoms with van der Waals surface area (Å²) in [5.74, 6) is -1.30. The van der Waals surface area contributed by atoms with Crippen LogP contribution in [0.15, 0.2) is 71.7 Å². The Morgan fingerprint density at radius 1 is 1.04 bits per heavy atom. The Balaban J connectivity index is 1.56. The quantitative estimate of drug-likeness (QED) is 0.145. The molecule has 1 aromatic heterocycles. The van der Waals surface area contributed by atoms with Gasteiger partial charge in [-0.05, 0) is 61.8 Å². The smallest absolute Gasteiger partial charge is 0.305 e. The number of amides is 2. The summed E-state index contributed by atoms with van der Waals surface area (Å²) in [5.41, 5.74) is 0.109. The van der Waals surface area contributed by atoms with Crippen LogP contribution in [0.5, 0.6) is 5.75 Å². The van der Waals surface area contributed by atoms with Crippen LogP contribution in [-0.4, -0.2) is 85.5 Å². The maximum atomic E-state index is 14.8. The number of fused-ring (bicyclic) bond motifs is 2. The fraction of sp³-hybridized carbons (Fsp3) is 0.459. The summed E-state index contributed by atoms with van der Waals surface area (Å²) in [5, 5.41) is 9.83. The van der Waals surface area contributed by atoms with Gasteiger partial charge in [-0.25, -0.2) is 0 Å². The van der Waals surface area contributed by atoms with Gasteiger partial charge in [0, 0.05) is 55.0 Å². The van der Waals surface area contributed by atoms with Crippen LogP contribution in [-0.2, 0) is 36.0 Å². The number of esters is 1. The number of aromatic nitrogens is 1. The molecule has 5 rings (SSSR count). The molecule has 2 aromatic carbocycles. The van der Waals surface area contributed by atoms with E-state index >= 15 is 0 Å². The predicted molar refractivity (Wildman–Crippen MR) is 190 cm³/mol. The van der Waals surface area contributed by atoms with Crippen molar-refractivity contribution in [2.24, 2.45) is 5.92 Å². The zero-order chi connectivity index (χ0) is 36.2. The van der Waals surface area contributed by atoms with Gasteiger partial charge in [-0.3, -0.25) is 23.7 Å². The van der Waals surface area contributed by atoms with E-state index in [9.17, 15) is 29.1 Å². The molecule has 2 N–H and O–H groups in total. The van der Waals surface area contributed by atoms with E-state index in [2.05, 4.69) is 0 Å². The van der Waals surface area contributed by atoms with Gasteiger partial charge < -0.3 is 33.9 Å². The fourth-order valence-corrected chi connectivity index (χ4v) is 10.2. The van der Waals surface area contributed by atoms with E-state index in [1.807, 2.05) is 37.3 Å². The van der Waals surface area contributed by atoms with Crippen molar-refractivity contribution in [3.05, 3.63) is 88.3 Å². The van der Waals surface area contributed by atoms with E-state index in [1.165, 1.54) is 18.8 Å². The van der Waals surface area contributed by atoms with Crippen molar-refractivity contribution in [3.63, 3.8) is 0 Å². The van der Waals surface area contributed by atoms with Crippen molar-refractivity contribution < 1.29 is 38.5 Å². The Hall–Kier alpha value is -4.30. The Kier molecular flexibility index (Phi) is 11.3. The Morgan fingerprint density at radius 3 is 2.44 bits per heavy atom. The Bertz CT molecular complexity index is 1760. The van der Waals surface area contributed by atoms with Crippen LogP contribution < -0.4 is 15.2 Å². The van der Waals surface area contributed by atoms with Gasteiger partial charge in [0.2, 0.25) is 5.91 Å². The van der Waals surface area contributed by atoms with E-state index in [0.717, 1.165) is 5.56 Å². The van der Waals surface area contributed by atoms with Crippen LogP contribution in [0.1, 0.15) is 43.7 Å². The number of hydrogen-bond acceptors (Lipinski definition) is 9. The highest BCUT2D eigenvalue weighted by molar-refractivity contribution is 6.71. The Morgan fingerprint density at radius 2 is 1.78 bits per heavy atom. The molecule has 0 aliphatic carbocycles. The van der Waals surface area contributed by atoms with Gasteiger partial charge in [0.05, 0.1) is 39.0 Å². The van der Waals surface area contributed by atoms with Crippen LogP contribution in [0, 0.1) is 5.92 Å². The number of carbonyl (C=O) groups is 3. The van der Waals surface area contributed by atoms with Crippen molar-refractivity contribution >= 4 is 31.8 Å². The number of carbonyl (C=O) groups excluding carboxylic acids is 3. The summed E-state index contributed by atoms with van der Waals surface area (Å²) in [6.07, 6.45) is 1.95. The molecule has 12 nitrogen and oxygen atoms in total. The summed E-state index contributed by atoms with van der Waals surface area (Å²) in [4.78, 5) is 68.8.